The minimum Gasteiger partial charge on any atom is -0.309 e. The Morgan fingerprint density at radius 2 is 0.750 bits per heavy atom. The first-order chi connectivity index (χ1) is 33.7. The van der Waals surface area contributed by atoms with Gasteiger partial charge in [0.05, 0.1) is 44.1 Å². The van der Waals surface area contributed by atoms with Crippen LogP contribution in [0.5, 0.6) is 0 Å². The van der Waals surface area contributed by atoms with Gasteiger partial charge in [0.15, 0.2) is 17.3 Å². The van der Waals surface area contributed by atoms with E-state index in [-0.39, 0.29) is 0 Å². The third-order valence-electron chi connectivity index (χ3n) is 14.1. The van der Waals surface area contributed by atoms with Crippen molar-refractivity contribution in [1.29, 1.82) is 0 Å². The van der Waals surface area contributed by atoms with Crippen LogP contribution in [0.15, 0.2) is 212 Å². The SMILES string of the molecule is Cn1c(-n2c3ccccc3c3c2ccc2c4ccccc4n(-c4ccccc4)c23)nc2nc(-c3ccccc3)nc(-n3c4ccccc4c4ccc5c(c6ccccc6n5-c5ccccc5)c43)c21. The lowest BCUT2D eigenvalue weighted by Gasteiger charge is -2.13. The number of imidazole rings is 1. The molecule has 6 aromatic heterocycles. The molecule has 0 aliphatic carbocycles. The largest absolute Gasteiger partial charge is 0.309 e. The van der Waals surface area contributed by atoms with Crippen molar-refractivity contribution in [2.24, 2.45) is 7.05 Å². The number of rotatable bonds is 5. The molecule has 6 heterocycles. The molecule has 9 aromatic carbocycles. The van der Waals surface area contributed by atoms with Crippen molar-refractivity contribution in [3.63, 3.8) is 0 Å². The van der Waals surface area contributed by atoms with E-state index >= 15 is 0 Å². The van der Waals surface area contributed by atoms with Gasteiger partial charge in [0, 0.05) is 67.1 Å². The number of hydrogen-bond acceptors (Lipinski definition) is 3. The van der Waals surface area contributed by atoms with E-state index in [2.05, 4.69) is 224 Å². The van der Waals surface area contributed by atoms with Crippen LogP contribution in [0, 0.1) is 0 Å². The third-order valence-corrected chi connectivity index (χ3v) is 14.1. The zero-order chi connectivity index (χ0) is 44.6. The highest BCUT2D eigenvalue weighted by Crippen LogP contribution is 2.45. The van der Waals surface area contributed by atoms with Crippen molar-refractivity contribution in [2.45, 2.75) is 0 Å². The summed E-state index contributed by atoms with van der Waals surface area (Å²) in [5, 5.41) is 9.37. The van der Waals surface area contributed by atoms with Crippen LogP contribution in [0.2, 0.25) is 0 Å². The van der Waals surface area contributed by atoms with E-state index in [0.717, 1.165) is 88.9 Å². The van der Waals surface area contributed by atoms with Crippen LogP contribution in [0.25, 0.3) is 133 Å². The molecule has 0 saturated carbocycles. The summed E-state index contributed by atoms with van der Waals surface area (Å²) < 4.78 is 11.7. The lowest BCUT2D eigenvalue weighted by Crippen LogP contribution is -2.07. The normalized spacial score (nSPS) is 12.2. The second-order valence-electron chi connectivity index (χ2n) is 17.7. The van der Waals surface area contributed by atoms with Crippen molar-refractivity contribution in [2.75, 3.05) is 0 Å². The molecule has 0 saturated heterocycles. The summed E-state index contributed by atoms with van der Waals surface area (Å²) in [6.07, 6.45) is 0. The second-order valence-corrected chi connectivity index (χ2v) is 17.7. The quantitative estimate of drug-likeness (QED) is 0.173. The predicted octanol–water partition coefficient (Wildman–Crippen LogP) is 14.4. The molecular weight excluding hydrogens is 833 g/mol. The number of benzene rings is 9. The van der Waals surface area contributed by atoms with Gasteiger partial charge in [-0.2, -0.15) is 4.98 Å². The van der Waals surface area contributed by atoms with Crippen molar-refractivity contribution in [3.8, 4) is 34.5 Å². The first-order valence-corrected chi connectivity index (χ1v) is 23.0. The summed E-state index contributed by atoms with van der Waals surface area (Å²) in [6.45, 7) is 0. The van der Waals surface area contributed by atoms with E-state index in [9.17, 15) is 0 Å². The topological polar surface area (TPSA) is 63.3 Å². The average molecular weight is 871 g/mol. The zero-order valence-corrected chi connectivity index (χ0v) is 36.8. The molecule has 0 atom stereocenters. The summed E-state index contributed by atoms with van der Waals surface area (Å²) in [5.74, 6) is 2.12. The highest BCUT2D eigenvalue weighted by Gasteiger charge is 2.28. The van der Waals surface area contributed by atoms with Gasteiger partial charge in [0.1, 0.15) is 5.52 Å². The number of fused-ring (bicyclic) bond motifs is 15. The van der Waals surface area contributed by atoms with Crippen LogP contribution < -0.4 is 0 Å². The maximum atomic E-state index is 5.63. The van der Waals surface area contributed by atoms with Gasteiger partial charge >= 0.3 is 0 Å². The van der Waals surface area contributed by atoms with E-state index in [1.807, 2.05) is 18.2 Å². The summed E-state index contributed by atoms with van der Waals surface area (Å²) >= 11 is 0. The number of aromatic nitrogens is 8. The van der Waals surface area contributed by atoms with Gasteiger partial charge in [0.25, 0.3) is 0 Å². The molecule has 8 heteroatoms. The molecule has 0 aliphatic rings. The fourth-order valence-corrected chi connectivity index (χ4v) is 11.3. The summed E-state index contributed by atoms with van der Waals surface area (Å²) in [4.78, 5) is 16.5. The van der Waals surface area contributed by atoms with Crippen molar-refractivity contribution < 1.29 is 0 Å². The Labute approximate surface area is 388 Å². The van der Waals surface area contributed by atoms with E-state index in [1.54, 1.807) is 0 Å². The molecule has 0 unspecified atom stereocenters. The number of nitrogens with zero attached hydrogens (tertiary/aromatic N) is 8. The predicted molar refractivity (Wildman–Crippen MR) is 279 cm³/mol. The molecular formula is C60H38N8. The number of para-hydroxylation sites is 6. The van der Waals surface area contributed by atoms with E-state index in [4.69, 9.17) is 15.0 Å². The van der Waals surface area contributed by atoms with E-state index in [0.29, 0.717) is 11.5 Å². The first-order valence-electron chi connectivity index (χ1n) is 23.0. The minimum absolute atomic E-state index is 0.610. The lowest BCUT2D eigenvalue weighted by atomic mass is 10.1. The van der Waals surface area contributed by atoms with Gasteiger partial charge in [-0.25, -0.2) is 9.97 Å². The summed E-state index contributed by atoms with van der Waals surface area (Å²) in [7, 11) is 2.12. The highest BCUT2D eigenvalue weighted by molar-refractivity contribution is 6.28. The van der Waals surface area contributed by atoms with Crippen LogP contribution in [0.1, 0.15) is 0 Å². The molecule has 0 fully saturated rings. The monoisotopic (exact) mass is 870 g/mol. The molecule has 0 bridgehead atoms. The highest BCUT2D eigenvalue weighted by atomic mass is 15.3. The fraction of sp³-hybridized carbons (Fsp3) is 0.0167. The Kier molecular flexibility index (Phi) is 7.55. The summed E-state index contributed by atoms with van der Waals surface area (Å²) in [5.41, 5.74) is 13.5. The van der Waals surface area contributed by atoms with Gasteiger partial charge in [-0.05, 0) is 60.7 Å². The number of hydrogen-bond donors (Lipinski definition) is 0. The minimum atomic E-state index is 0.610. The second kappa shape index (κ2) is 13.9. The molecule has 15 rings (SSSR count). The Bertz CT molecular complexity index is 4550. The van der Waals surface area contributed by atoms with Crippen molar-refractivity contribution in [3.05, 3.63) is 212 Å². The van der Waals surface area contributed by atoms with Gasteiger partial charge in [-0.15, -0.1) is 0 Å². The lowest BCUT2D eigenvalue weighted by molar-refractivity contribution is 0.864. The molecule has 318 valence electrons. The Morgan fingerprint density at radius 3 is 1.34 bits per heavy atom. The fourth-order valence-electron chi connectivity index (χ4n) is 11.3. The average Bonchev–Trinajstić information content (AvgIpc) is 4.19. The molecule has 0 N–H and O–H groups in total. The van der Waals surface area contributed by atoms with E-state index in [1.165, 1.54) is 32.6 Å². The number of aryl methyl sites for hydroxylation is 1. The maximum absolute atomic E-state index is 5.63. The smallest absolute Gasteiger partial charge is 0.217 e. The maximum Gasteiger partial charge on any atom is 0.217 e. The third kappa shape index (κ3) is 4.95. The Balaban J connectivity index is 1.09. The first kappa shape index (κ1) is 37.0. The van der Waals surface area contributed by atoms with Crippen LogP contribution in [-0.4, -0.2) is 37.8 Å². The molecule has 8 nitrogen and oxygen atoms in total. The molecule has 0 amide bonds. The molecule has 68 heavy (non-hydrogen) atoms. The molecule has 15 aromatic rings. The Morgan fingerprint density at radius 1 is 0.309 bits per heavy atom. The van der Waals surface area contributed by atoms with Gasteiger partial charge in [0.2, 0.25) is 5.95 Å². The Hall–Kier alpha value is -9.27. The van der Waals surface area contributed by atoms with Crippen LogP contribution in [0.3, 0.4) is 0 Å². The van der Waals surface area contributed by atoms with Crippen molar-refractivity contribution >= 4 is 98.4 Å². The van der Waals surface area contributed by atoms with Gasteiger partial charge in [-0.1, -0.05) is 152 Å². The molecule has 0 spiro atoms. The van der Waals surface area contributed by atoms with E-state index < -0.39 is 0 Å². The standard InChI is InChI=1S/C60H38N8/c1-64-56-58(63-60(64)67-49-32-18-14-28-45(49)53-51(67)36-34-42-40-25-11-15-29-46(40)66(54(42)53)39-23-9-4-10-24-39)61-57(37-19-5-2-6-20-37)62-59(56)68-47-30-16-12-26-41(47)43-33-35-50-52(55(43)68)44-27-13-17-31-48(44)65(50)38-21-7-3-8-22-38/h2-36H,1H3. The molecule has 0 aliphatic heterocycles. The van der Waals surface area contributed by atoms with Crippen LogP contribution in [-0.2, 0) is 7.05 Å². The zero-order valence-electron chi connectivity index (χ0n) is 36.8. The van der Waals surface area contributed by atoms with Crippen LogP contribution >= 0.6 is 0 Å². The van der Waals surface area contributed by atoms with Crippen molar-refractivity contribution in [1.82, 2.24) is 37.8 Å². The molecule has 0 radical (unpaired) electrons. The summed E-state index contributed by atoms with van der Waals surface area (Å²) in [6, 6.07) is 75.7. The van der Waals surface area contributed by atoms with Gasteiger partial charge in [-0.3, -0.25) is 9.13 Å². The van der Waals surface area contributed by atoms with Gasteiger partial charge < -0.3 is 13.7 Å². The van der Waals surface area contributed by atoms with Crippen LogP contribution in [0.4, 0.5) is 0 Å².